The summed E-state index contributed by atoms with van der Waals surface area (Å²) in [6.07, 6.45) is 0. The highest BCUT2D eigenvalue weighted by Gasteiger charge is 2.35. The SMILES string of the molecule is CC(C(=O)O)C1CN(C)c2c(F)cccc21. The highest BCUT2D eigenvalue weighted by Crippen LogP contribution is 2.40. The summed E-state index contributed by atoms with van der Waals surface area (Å²) < 4.78 is 13.6. The van der Waals surface area contributed by atoms with Crippen LogP contribution in [0.2, 0.25) is 0 Å². The first-order chi connectivity index (χ1) is 7.52. The van der Waals surface area contributed by atoms with Gasteiger partial charge in [-0.1, -0.05) is 19.1 Å². The van der Waals surface area contributed by atoms with Gasteiger partial charge in [0.15, 0.2) is 0 Å². The number of benzene rings is 1. The summed E-state index contributed by atoms with van der Waals surface area (Å²) in [5, 5.41) is 9.01. The van der Waals surface area contributed by atoms with Gasteiger partial charge in [0, 0.05) is 19.5 Å². The molecule has 1 aliphatic heterocycles. The number of carboxylic acids is 1. The van der Waals surface area contributed by atoms with Gasteiger partial charge in [0.1, 0.15) is 5.82 Å². The van der Waals surface area contributed by atoms with Gasteiger partial charge in [-0.25, -0.2) is 4.39 Å². The van der Waals surface area contributed by atoms with Gasteiger partial charge in [0.25, 0.3) is 0 Å². The van der Waals surface area contributed by atoms with Crippen molar-refractivity contribution in [2.75, 3.05) is 18.5 Å². The van der Waals surface area contributed by atoms with Crippen LogP contribution < -0.4 is 4.90 Å². The first-order valence-electron chi connectivity index (χ1n) is 5.24. The van der Waals surface area contributed by atoms with Crippen molar-refractivity contribution in [3.8, 4) is 0 Å². The van der Waals surface area contributed by atoms with Gasteiger partial charge in [-0.05, 0) is 11.6 Å². The molecule has 1 aliphatic rings. The fourth-order valence-corrected chi connectivity index (χ4v) is 2.32. The second kappa shape index (κ2) is 3.77. The van der Waals surface area contributed by atoms with E-state index in [0.29, 0.717) is 12.2 Å². The van der Waals surface area contributed by atoms with Gasteiger partial charge in [-0.15, -0.1) is 0 Å². The van der Waals surface area contributed by atoms with E-state index in [1.807, 2.05) is 6.07 Å². The van der Waals surface area contributed by atoms with E-state index in [9.17, 15) is 9.18 Å². The number of likely N-dealkylation sites (N-methyl/N-ethyl adjacent to an activating group) is 1. The molecule has 0 amide bonds. The Labute approximate surface area is 93.5 Å². The van der Waals surface area contributed by atoms with E-state index < -0.39 is 11.9 Å². The zero-order chi connectivity index (χ0) is 11.9. The minimum absolute atomic E-state index is 0.131. The average Bonchev–Trinajstić information content (AvgIpc) is 2.56. The topological polar surface area (TPSA) is 40.5 Å². The maximum absolute atomic E-state index is 13.6. The lowest BCUT2D eigenvalue weighted by molar-refractivity contribution is -0.141. The largest absolute Gasteiger partial charge is 0.481 e. The van der Waals surface area contributed by atoms with Gasteiger partial charge in [-0.3, -0.25) is 4.79 Å². The van der Waals surface area contributed by atoms with Crippen molar-refractivity contribution in [1.29, 1.82) is 0 Å². The summed E-state index contributed by atoms with van der Waals surface area (Å²) in [6.45, 7) is 2.23. The minimum atomic E-state index is -0.837. The lowest BCUT2D eigenvalue weighted by atomic mass is 9.89. The molecule has 1 aromatic carbocycles. The van der Waals surface area contributed by atoms with E-state index in [4.69, 9.17) is 5.11 Å². The molecule has 0 aliphatic carbocycles. The zero-order valence-corrected chi connectivity index (χ0v) is 9.27. The zero-order valence-electron chi connectivity index (χ0n) is 9.27. The number of aliphatic carboxylic acids is 1. The monoisotopic (exact) mass is 223 g/mol. The molecule has 1 N–H and O–H groups in total. The Morgan fingerprint density at radius 2 is 2.31 bits per heavy atom. The van der Waals surface area contributed by atoms with E-state index >= 15 is 0 Å². The van der Waals surface area contributed by atoms with Crippen LogP contribution >= 0.6 is 0 Å². The van der Waals surface area contributed by atoms with Crippen LogP contribution in [0.3, 0.4) is 0 Å². The molecule has 0 bridgehead atoms. The number of para-hydroxylation sites is 1. The molecule has 4 heteroatoms. The minimum Gasteiger partial charge on any atom is -0.481 e. The quantitative estimate of drug-likeness (QED) is 0.834. The molecule has 0 saturated carbocycles. The van der Waals surface area contributed by atoms with Crippen molar-refractivity contribution in [2.45, 2.75) is 12.8 Å². The molecule has 0 saturated heterocycles. The van der Waals surface area contributed by atoms with Crippen molar-refractivity contribution in [1.82, 2.24) is 0 Å². The summed E-state index contributed by atoms with van der Waals surface area (Å²) in [5.41, 5.74) is 1.35. The third-order valence-electron chi connectivity index (χ3n) is 3.26. The second-order valence-electron chi connectivity index (χ2n) is 4.29. The van der Waals surface area contributed by atoms with Crippen molar-refractivity contribution in [2.24, 2.45) is 5.92 Å². The van der Waals surface area contributed by atoms with Gasteiger partial charge in [-0.2, -0.15) is 0 Å². The van der Waals surface area contributed by atoms with Crippen LogP contribution in [-0.4, -0.2) is 24.7 Å². The highest BCUT2D eigenvalue weighted by molar-refractivity contribution is 5.73. The number of rotatable bonds is 2. The Bertz CT molecular complexity index is 433. The van der Waals surface area contributed by atoms with Crippen LogP contribution in [0.1, 0.15) is 18.4 Å². The van der Waals surface area contributed by atoms with Crippen molar-refractivity contribution < 1.29 is 14.3 Å². The molecule has 3 nitrogen and oxygen atoms in total. The van der Waals surface area contributed by atoms with E-state index in [2.05, 4.69) is 0 Å². The van der Waals surface area contributed by atoms with Crippen molar-refractivity contribution >= 4 is 11.7 Å². The molecule has 2 atom stereocenters. The van der Waals surface area contributed by atoms with Gasteiger partial charge in [0.05, 0.1) is 11.6 Å². The molecule has 86 valence electrons. The van der Waals surface area contributed by atoms with Gasteiger partial charge < -0.3 is 10.0 Å². The number of hydrogen-bond acceptors (Lipinski definition) is 2. The first kappa shape index (κ1) is 10.9. The highest BCUT2D eigenvalue weighted by atomic mass is 19.1. The summed E-state index contributed by atoms with van der Waals surface area (Å²) in [6, 6.07) is 4.85. The molecule has 0 aromatic heterocycles. The number of fused-ring (bicyclic) bond motifs is 1. The van der Waals surface area contributed by atoms with E-state index in [-0.39, 0.29) is 11.7 Å². The fraction of sp³-hybridized carbons (Fsp3) is 0.417. The number of halogens is 1. The standard InChI is InChI=1S/C12H14FNO2/c1-7(12(15)16)9-6-14(2)11-8(9)4-3-5-10(11)13/h3-5,7,9H,6H2,1-2H3,(H,15,16). The Kier molecular flexibility index (Phi) is 2.58. The predicted molar refractivity (Wildman–Crippen MR) is 59.2 cm³/mol. The van der Waals surface area contributed by atoms with Crippen LogP contribution in [0.25, 0.3) is 0 Å². The molecule has 16 heavy (non-hydrogen) atoms. The third-order valence-corrected chi connectivity index (χ3v) is 3.26. The molecule has 1 heterocycles. The second-order valence-corrected chi connectivity index (χ2v) is 4.29. The third kappa shape index (κ3) is 1.54. The summed E-state index contributed by atoms with van der Waals surface area (Å²) in [5.74, 6) is -1.74. The van der Waals surface area contributed by atoms with Crippen LogP contribution in [0.15, 0.2) is 18.2 Å². The summed E-state index contributed by atoms with van der Waals surface area (Å²) in [7, 11) is 1.79. The van der Waals surface area contributed by atoms with E-state index in [1.165, 1.54) is 6.07 Å². The van der Waals surface area contributed by atoms with Crippen LogP contribution in [0, 0.1) is 11.7 Å². The number of nitrogens with zero attached hydrogens (tertiary/aromatic N) is 1. The first-order valence-corrected chi connectivity index (χ1v) is 5.24. The maximum Gasteiger partial charge on any atom is 0.306 e. The van der Waals surface area contributed by atoms with Crippen molar-refractivity contribution in [3.05, 3.63) is 29.6 Å². The molecule has 2 unspecified atom stereocenters. The summed E-state index contributed by atoms with van der Waals surface area (Å²) >= 11 is 0. The Morgan fingerprint density at radius 1 is 1.62 bits per heavy atom. The molecular weight excluding hydrogens is 209 g/mol. The van der Waals surface area contributed by atoms with E-state index in [0.717, 1.165) is 5.56 Å². The number of hydrogen-bond donors (Lipinski definition) is 1. The number of anilines is 1. The number of carboxylic acid groups (broad SMARTS) is 1. The molecular formula is C12H14FNO2. The molecule has 0 fully saturated rings. The Morgan fingerprint density at radius 3 is 2.94 bits per heavy atom. The van der Waals surface area contributed by atoms with Crippen LogP contribution in [-0.2, 0) is 4.79 Å². The fourth-order valence-electron chi connectivity index (χ4n) is 2.32. The van der Waals surface area contributed by atoms with Crippen molar-refractivity contribution in [3.63, 3.8) is 0 Å². The van der Waals surface area contributed by atoms with Gasteiger partial charge in [0.2, 0.25) is 0 Å². The maximum atomic E-state index is 13.6. The smallest absolute Gasteiger partial charge is 0.306 e. The van der Waals surface area contributed by atoms with E-state index in [1.54, 1.807) is 24.9 Å². The Balaban J connectivity index is 2.44. The lowest BCUT2D eigenvalue weighted by Crippen LogP contribution is -2.23. The Hall–Kier alpha value is -1.58. The molecule has 0 spiro atoms. The molecule has 2 rings (SSSR count). The molecule has 0 radical (unpaired) electrons. The predicted octanol–water partition coefficient (Wildman–Crippen LogP) is 2.08. The summed E-state index contributed by atoms with van der Waals surface area (Å²) in [4.78, 5) is 12.8. The van der Waals surface area contributed by atoms with Crippen LogP contribution in [0.5, 0.6) is 0 Å². The lowest BCUT2D eigenvalue weighted by Gasteiger charge is -2.16. The molecule has 1 aromatic rings. The van der Waals surface area contributed by atoms with Crippen LogP contribution in [0.4, 0.5) is 10.1 Å². The normalized spacial score (nSPS) is 20.7. The van der Waals surface area contributed by atoms with Gasteiger partial charge >= 0.3 is 5.97 Å². The average molecular weight is 223 g/mol. The number of carbonyl (C=O) groups is 1.